The van der Waals surface area contributed by atoms with E-state index in [1.54, 1.807) is 31.0 Å². The van der Waals surface area contributed by atoms with E-state index in [9.17, 15) is 14.0 Å². The molecule has 1 amide bonds. The number of pyridine rings is 2. The van der Waals surface area contributed by atoms with Crippen molar-refractivity contribution in [2.45, 2.75) is 71.4 Å². The fourth-order valence-electron chi connectivity index (χ4n) is 5.23. The number of hydrogen-bond acceptors (Lipinski definition) is 9. The van der Waals surface area contributed by atoms with Gasteiger partial charge in [-0.3, -0.25) is 14.6 Å². The number of hydrogen-bond donors (Lipinski definition) is 2. The third kappa shape index (κ3) is 7.67. The minimum Gasteiger partial charge on any atom is -0.460 e. The molecule has 4 heterocycles. The van der Waals surface area contributed by atoms with Gasteiger partial charge in [-0.05, 0) is 64.5 Å². The Bertz CT molecular complexity index is 1550. The highest BCUT2D eigenvalue weighted by Gasteiger charge is 2.27. The molecule has 12 heteroatoms. The average Bonchev–Trinajstić information content (AvgIpc) is 3.49. The molecule has 1 fully saturated rings. The highest BCUT2D eigenvalue weighted by Crippen LogP contribution is 2.32. The molecular formula is C30H36FN7O3S. The summed E-state index contributed by atoms with van der Waals surface area (Å²) in [6.07, 6.45) is 11.3. The van der Waals surface area contributed by atoms with Crippen molar-refractivity contribution in [3.63, 3.8) is 0 Å². The van der Waals surface area contributed by atoms with Crippen molar-refractivity contribution >= 4 is 45.2 Å². The van der Waals surface area contributed by atoms with Gasteiger partial charge in [0, 0.05) is 43.9 Å². The molecule has 4 aromatic rings. The van der Waals surface area contributed by atoms with Crippen molar-refractivity contribution < 1.29 is 18.7 Å². The Morgan fingerprint density at radius 2 is 1.98 bits per heavy atom. The zero-order valence-corrected chi connectivity index (χ0v) is 24.9. The van der Waals surface area contributed by atoms with Gasteiger partial charge in [0.1, 0.15) is 28.4 Å². The van der Waals surface area contributed by atoms with Crippen LogP contribution in [-0.2, 0) is 20.9 Å². The number of halogens is 1. The lowest BCUT2D eigenvalue weighted by Gasteiger charge is -2.21. The molecule has 2 N–H and O–H groups in total. The standard InChI is InChI=1S/C30H36FN7O3S/c1-30(2,3)41-26(39)14-19-6-4-7-20(10-9-19)28(40)33-12-13-38-18-36-22-16-34-25(15-23(22)38)37-29-35-17-24(42-29)27-21(31)8-5-11-32-27/h5,8,11,15-20H,4,6-7,9-10,12-14H2,1-3H3,(H,33,40)(H,34,35,37)/t19?,20-/m1/s1. The zero-order chi connectivity index (χ0) is 29.7. The SMILES string of the molecule is CC(C)(C)OC(=O)CC1CCC[C@@H](C(=O)NCCn2cnc3cnc(Nc4ncc(-c5ncccc5F)s4)cc32)CC1. The Morgan fingerprint density at radius 1 is 1.12 bits per heavy atom. The van der Waals surface area contributed by atoms with Gasteiger partial charge in [-0.25, -0.2) is 19.3 Å². The quantitative estimate of drug-likeness (QED) is 0.182. The second-order valence-electron chi connectivity index (χ2n) is 11.6. The molecule has 0 saturated heterocycles. The smallest absolute Gasteiger partial charge is 0.306 e. The van der Waals surface area contributed by atoms with Crippen LogP contribution < -0.4 is 10.6 Å². The molecule has 4 aromatic heterocycles. The number of nitrogens with zero attached hydrogens (tertiary/aromatic N) is 5. The van der Waals surface area contributed by atoms with Gasteiger partial charge in [-0.15, -0.1) is 0 Å². The summed E-state index contributed by atoms with van der Waals surface area (Å²) in [5, 5.41) is 6.84. The van der Waals surface area contributed by atoms with Crippen molar-refractivity contribution in [1.82, 2.24) is 29.8 Å². The topological polar surface area (TPSA) is 124 Å². The Labute approximate surface area is 248 Å². The molecule has 222 valence electrons. The highest BCUT2D eigenvalue weighted by molar-refractivity contribution is 7.18. The minimum atomic E-state index is -0.479. The van der Waals surface area contributed by atoms with Crippen LogP contribution in [0.1, 0.15) is 59.3 Å². The Balaban J connectivity index is 1.13. The van der Waals surface area contributed by atoms with E-state index in [1.807, 2.05) is 31.4 Å². The maximum absolute atomic E-state index is 14.1. The van der Waals surface area contributed by atoms with Gasteiger partial charge in [0.25, 0.3) is 0 Å². The molecule has 42 heavy (non-hydrogen) atoms. The van der Waals surface area contributed by atoms with Gasteiger partial charge in [-0.1, -0.05) is 17.8 Å². The fourth-order valence-corrected chi connectivity index (χ4v) is 6.05. The van der Waals surface area contributed by atoms with Crippen LogP contribution in [0.5, 0.6) is 0 Å². The van der Waals surface area contributed by atoms with E-state index in [4.69, 9.17) is 4.74 Å². The van der Waals surface area contributed by atoms with Crippen LogP contribution in [0.4, 0.5) is 15.3 Å². The lowest BCUT2D eigenvalue weighted by molar-refractivity contribution is -0.156. The summed E-state index contributed by atoms with van der Waals surface area (Å²) in [4.78, 5) is 43.1. The van der Waals surface area contributed by atoms with Crippen LogP contribution in [0.3, 0.4) is 0 Å². The highest BCUT2D eigenvalue weighted by atomic mass is 32.1. The first-order chi connectivity index (χ1) is 20.1. The van der Waals surface area contributed by atoms with E-state index < -0.39 is 11.4 Å². The summed E-state index contributed by atoms with van der Waals surface area (Å²) < 4.78 is 21.6. The summed E-state index contributed by atoms with van der Waals surface area (Å²) >= 11 is 1.29. The maximum Gasteiger partial charge on any atom is 0.306 e. The predicted octanol–water partition coefficient (Wildman–Crippen LogP) is 5.88. The number of thiazole rings is 1. The number of carbonyl (C=O) groups excluding carboxylic acids is 2. The summed E-state index contributed by atoms with van der Waals surface area (Å²) in [6, 6.07) is 4.80. The predicted molar refractivity (Wildman–Crippen MR) is 160 cm³/mol. The van der Waals surface area contributed by atoms with Crippen molar-refractivity contribution in [2.75, 3.05) is 11.9 Å². The van der Waals surface area contributed by atoms with Crippen LogP contribution in [0.2, 0.25) is 0 Å². The first kappa shape index (κ1) is 29.6. The molecule has 0 spiro atoms. The van der Waals surface area contributed by atoms with Crippen LogP contribution >= 0.6 is 11.3 Å². The van der Waals surface area contributed by atoms with Gasteiger partial charge in [0.15, 0.2) is 5.13 Å². The zero-order valence-electron chi connectivity index (χ0n) is 24.1. The van der Waals surface area contributed by atoms with Crippen LogP contribution in [0, 0.1) is 17.7 Å². The van der Waals surface area contributed by atoms with Crippen LogP contribution in [0.15, 0.2) is 43.1 Å². The fraction of sp³-hybridized carbons (Fsp3) is 0.467. The van der Waals surface area contributed by atoms with Crippen molar-refractivity contribution in [3.05, 3.63) is 48.9 Å². The molecule has 0 aliphatic heterocycles. The van der Waals surface area contributed by atoms with Gasteiger partial charge < -0.3 is 19.9 Å². The summed E-state index contributed by atoms with van der Waals surface area (Å²) in [7, 11) is 0. The number of carbonyl (C=O) groups is 2. The van der Waals surface area contributed by atoms with E-state index in [1.165, 1.54) is 17.4 Å². The Kier molecular flexibility index (Phi) is 9.10. The van der Waals surface area contributed by atoms with Gasteiger partial charge in [-0.2, -0.15) is 0 Å². The van der Waals surface area contributed by atoms with Gasteiger partial charge >= 0.3 is 5.97 Å². The molecule has 1 unspecified atom stereocenters. The number of ether oxygens (including phenoxy) is 1. The van der Waals surface area contributed by atoms with Gasteiger partial charge in [0.2, 0.25) is 5.91 Å². The summed E-state index contributed by atoms with van der Waals surface area (Å²) in [5.74, 6) is 0.298. The molecule has 1 saturated carbocycles. The Hall–Kier alpha value is -3.93. The number of imidazole rings is 1. The third-order valence-corrected chi connectivity index (χ3v) is 8.15. The normalized spacial score (nSPS) is 17.5. The molecule has 0 aromatic carbocycles. The van der Waals surface area contributed by atoms with E-state index in [0.29, 0.717) is 35.3 Å². The lowest BCUT2D eigenvalue weighted by Crippen LogP contribution is -2.33. The lowest BCUT2D eigenvalue weighted by atomic mass is 9.95. The van der Waals surface area contributed by atoms with E-state index >= 15 is 0 Å². The molecular weight excluding hydrogens is 557 g/mol. The summed E-state index contributed by atoms with van der Waals surface area (Å²) in [5.41, 5.74) is 1.39. The first-order valence-electron chi connectivity index (χ1n) is 14.3. The molecule has 5 rings (SSSR count). The number of anilines is 2. The number of rotatable bonds is 9. The molecule has 1 aliphatic carbocycles. The molecule has 2 atom stereocenters. The number of aromatic nitrogens is 5. The second-order valence-corrected chi connectivity index (χ2v) is 12.7. The van der Waals surface area contributed by atoms with Crippen LogP contribution in [-0.4, -0.2) is 48.5 Å². The van der Waals surface area contributed by atoms with Crippen molar-refractivity contribution in [2.24, 2.45) is 11.8 Å². The molecule has 10 nitrogen and oxygen atoms in total. The van der Waals surface area contributed by atoms with E-state index in [-0.39, 0.29) is 29.4 Å². The Morgan fingerprint density at radius 3 is 2.79 bits per heavy atom. The van der Waals surface area contributed by atoms with Crippen molar-refractivity contribution in [1.29, 1.82) is 0 Å². The number of amides is 1. The first-order valence-corrected chi connectivity index (χ1v) is 15.1. The number of esters is 1. The van der Waals surface area contributed by atoms with Crippen LogP contribution in [0.25, 0.3) is 21.6 Å². The number of fused-ring (bicyclic) bond motifs is 1. The van der Waals surface area contributed by atoms with E-state index in [2.05, 4.69) is 30.6 Å². The third-order valence-electron chi connectivity index (χ3n) is 7.23. The molecule has 1 aliphatic rings. The monoisotopic (exact) mass is 593 g/mol. The average molecular weight is 594 g/mol. The molecule has 0 radical (unpaired) electrons. The van der Waals surface area contributed by atoms with E-state index in [0.717, 1.165) is 43.1 Å². The number of nitrogens with one attached hydrogen (secondary N) is 2. The minimum absolute atomic E-state index is 0.0454. The largest absolute Gasteiger partial charge is 0.460 e. The second kappa shape index (κ2) is 12.9. The molecule has 0 bridgehead atoms. The van der Waals surface area contributed by atoms with Gasteiger partial charge in [0.05, 0.1) is 22.9 Å². The van der Waals surface area contributed by atoms with Crippen molar-refractivity contribution in [3.8, 4) is 10.6 Å². The maximum atomic E-state index is 14.1. The summed E-state index contributed by atoms with van der Waals surface area (Å²) in [6.45, 7) is 6.66.